The number of amides is 1. The molecule has 2 saturated carbocycles. The third-order valence-electron chi connectivity index (χ3n) is 9.03. The average molecular weight is 564 g/mol. The highest BCUT2D eigenvalue weighted by Crippen LogP contribution is 2.36. The van der Waals surface area contributed by atoms with Gasteiger partial charge in [0.25, 0.3) is 5.91 Å². The molecule has 0 saturated heterocycles. The Morgan fingerprint density at radius 1 is 1.05 bits per heavy atom. The van der Waals surface area contributed by atoms with E-state index in [1.54, 1.807) is 12.1 Å². The lowest BCUT2D eigenvalue weighted by atomic mass is 9.75. The first-order valence-electron chi connectivity index (χ1n) is 15.3. The van der Waals surface area contributed by atoms with Crippen LogP contribution < -0.4 is 21.8 Å². The zero-order chi connectivity index (χ0) is 29.4. The fourth-order valence-corrected chi connectivity index (χ4v) is 6.53. The minimum Gasteiger partial charge on any atom is -0.373 e. The highest BCUT2D eigenvalue weighted by atomic mass is 16.5. The van der Waals surface area contributed by atoms with Gasteiger partial charge in [-0.1, -0.05) is 70.7 Å². The summed E-state index contributed by atoms with van der Waals surface area (Å²) in [6.07, 6.45) is 9.22. The molecule has 8 nitrogen and oxygen atoms in total. The van der Waals surface area contributed by atoms with Crippen LogP contribution in [0, 0.1) is 17.8 Å². The highest BCUT2D eigenvalue weighted by molar-refractivity contribution is 6.05. The van der Waals surface area contributed by atoms with Crippen LogP contribution in [0.1, 0.15) is 99.5 Å². The van der Waals surface area contributed by atoms with Crippen LogP contribution in [0.4, 0.5) is 5.69 Å². The maximum absolute atomic E-state index is 12.4. The van der Waals surface area contributed by atoms with Gasteiger partial charge in [-0.2, -0.15) is 0 Å². The first kappa shape index (κ1) is 30.8. The molecule has 0 spiro atoms. The molecule has 1 amide bonds. The van der Waals surface area contributed by atoms with Gasteiger partial charge in [0.05, 0.1) is 12.7 Å². The molecule has 8 heteroatoms. The molecule has 2 aliphatic carbocycles. The quantitative estimate of drug-likeness (QED) is 0.100. The molecule has 0 radical (unpaired) electrons. The number of nitrogens with one attached hydrogen (secondary N) is 1. The van der Waals surface area contributed by atoms with Gasteiger partial charge in [-0.25, -0.2) is 0 Å². The highest BCUT2D eigenvalue weighted by Gasteiger charge is 2.32. The minimum atomic E-state index is -0.816. The Labute approximate surface area is 245 Å². The number of guanidine groups is 1. The van der Waals surface area contributed by atoms with Crippen LogP contribution in [0.25, 0.3) is 0 Å². The Bertz CT molecular complexity index is 1130. The largest absolute Gasteiger partial charge is 0.373 e. The molecular formula is C33H49N5O3. The molecule has 2 aliphatic rings. The van der Waals surface area contributed by atoms with Crippen LogP contribution in [0.3, 0.4) is 0 Å². The van der Waals surface area contributed by atoms with Gasteiger partial charge in [0.15, 0.2) is 6.23 Å². The number of hydrogen-bond donors (Lipinski definition) is 4. The summed E-state index contributed by atoms with van der Waals surface area (Å²) in [5, 5.41) is 17.3. The Morgan fingerprint density at radius 3 is 2.37 bits per heavy atom. The molecule has 0 heterocycles. The van der Waals surface area contributed by atoms with E-state index in [1.807, 2.05) is 17.0 Å². The van der Waals surface area contributed by atoms with Crippen molar-refractivity contribution in [2.75, 3.05) is 11.5 Å². The number of anilines is 1. The molecule has 41 heavy (non-hydrogen) atoms. The van der Waals surface area contributed by atoms with Crippen molar-refractivity contribution in [1.82, 2.24) is 5.32 Å². The number of carbonyl (C=O) groups excluding carboxylic acids is 1. The Hall–Kier alpha value is -3.10. The van der Waals surface area contributed by atoms with E-state index in [4.69, 9.17) is 16.3 Å². The number of hydrazone groups is 1. The van der Waals surface area contributed by atoms with Crippen LogP contribution in [0.2, 0.25) is 0 Å². The molecule has 2 fully saturated rings. The van der Waals surface area contributed by atoms with E-state index in [0.29, 0.717) is 35.8 Å². The van der Waals surface area contributed by atoms with Crippen LogP contribution in [0.15, 0.2) is 53.6 Å². The molecule has 2 aromatic carbocycles. The molecule has 2 aromatic rings. The number of aliphatic hydroxyl groups is 1. The van der Waals surface area contributed by atoms with Crippen molar-refractivity contribution in [3.8, 4) is 0 Å². The lowest BCUT2D eigenvalue weighted by Gasteiger charge is -2.38. The minimum absolute atomic E-state index is 0.142. The molecule has 6 N–H and O–H groups in total. The normalized spacial score (nSPS) is 22.9. The lowest BCUT2D eigenvalue weighted by molar-refractivity contribution is -0.0694. The molecule has 0 aliphatic heterocycles. The van der Waals surface area contributed by atoms with Crippen molar-refractivity contribution in [2.24, 2.45) is 34.4 Å². The van der Waals surface area contributed by atoms with Gasteiger partial charge >= 0.3 is 0 Å². The van der Waals surface area contributed by atoms with E-state index in [1.165, 1.54) is 50.5 Å². The lowest BCUT2D eigenvalue weighted by Crippen LogP contribution is -2.42. The average Bonchev–Trinajstić information content (AvgIpc) is 2.99. The summed E-state index contributed by atoms with van der Waals surface area (Å²) < 4.78 is 6.47. The Kier molecular flexibility index (Phi) is 11.1. The molecule has 0 bridgehead atoms. The summed E-state index contributed by atoms with van der Waals surface area (Å²) in [6, 6.07) is 15.9. The van der Waals surface area contributed by atoms with Crippen molar-refractivity contribution in [3.63, 3.8) is 0 Å². The molecular weight excluding hydrogens is 514 g/mol. The summed E-state index contributed by atoms with van der Waals surface area (Å²) in [4.78, 5) is 14.4. The topological polar surface area (TPSA) is 126 Å². The summed E-state index contributed by atoms with van der Waals surface area (Å²) in [6.45, 7) is 7.55. The first-order chi connectivity index (χ1) is 19.7. The third kappa shape index (κ3) is 8.46. The fraction of sp³-hybridized carbons (Fsp3) is 0.576. The maximum Gasteiger partial charge on any atom is 0.257 e. The van der Waals surface area contributed by atoms with Crippen molar-refractivity contribution in [3.05, 3.63) is 65.2 Å². The molecule has 4 atom stereocenters. The van der Waals surface area contributed by atoms with E-state index < -0.39 is 6.23 Å². The molecule has 1 unspecified atom stereocenters. The van der Waals surface area contributed by atoms with Crippen LogP contribution in [0.5, 0.6) is 0 Å². The van der Waals surface area contributed by atoms with Gasteiger partial charge < -0.3 is 26.3 Å². The van der Waals surface area contributed by atoms with Crippen LogP contribution in [-0.4, -0.2) is 35.9 Å². The number of carbonyl (C=O) groups is 1. The fourth-order valence-electron chi connectivity index (χ4n) is 6.53. The van der Waals surface area contributed by atoms with Gasteiger partial charge in [0, 0.05) is 17.8 Å². The molecule has 0 aromatic heterocycles. The van der Waals surface area contributed by atoms with Crippen molar-refractivity contribution in [1.29, 1.82) is 0 Å². The number of hydrogen-bond acceptors (Lipinski definition) is 6. The standard InChI is InChI=1S/C33H49N5O3/c1-22(2)29-18-9-23(3)19-30(29)41-21-31(39)38(28-16-14-26(15-17-28)25-7-5-4-6-8-25)20-24-10-12-27(13-11-24)32(40)36-33(34)37-35/h10-17,22-23,25,29-31,39H,4-9,18-21,35H2,1-3H3,(H3,34,36,37,40)/t23-,29+,30-,31?/m1/s1. The second-order valence-corrected chi connectivity index (χ2v) is 12.4. The van der Waals surface area contributed by atoms with Gasteiger partial charge in [0.1, 0.15) is 0 Å². The second-order valence-electron chi connectivity index (χ2n) is 12.4. The maximum atomic E-state index is 12.4. The van der Waals surface area contributed by atoms with Crippen molar-refractivity contribution < 1.29 is 14.6 Å². The van der Waals surface area contributed by atoms with Crippen molar-refractivity contribution >= 4 is 17.6 Å². The monoisotopic (exact) mass is 563 g/mol. The second kappa shape index (κ2) is 14.7. The summed E-state index contributed by atoms with van der Waals surface area (Å²) in [7, 11) is 0. The van der Waals surface area contributed by atoms with Crippen LogP contribution in [-0.2, 0) is 11.3 Å². The SMILES string of the molecule is CC(C)[C@@H]1CC[C@@H](C)C[C@H]1OCC(O)N(Cc1ccc(C(=O)N/C(N)=N/N)cc1)c1ccc(C2CCCCC2)cc1. The van der Waals surface area contributed by atoms with Crippen LogP contribution >= 0.6 is 0 Å². The van der Waals surface area contributed by atoms with E-state index >= 15 is 0 Å². The number of nitrogens with two attached hydrogens (primary N) is 2. The van der Waals surface area contributed by atoms with Gasteiger partial charge in [0.2, 0.25) is 5.96 Å². The number of benzene rings is 2. The number of aliphatic hydroxyl groups excluding tert-OH is 1. The zero-order valence-corrected chi connectivity index (χ0v) is 25.0. The Morgan fingerprint density at radius 2 is 1.73 bits per heavy atom. The van der Waals surface area contributed by atoms with E-state index in [9.17, 15) is 9.90 Å². The number of ether oxygens (including phenoxy) is 1. The van der Waals surface area contributed by atoms with E-state index in [2.05, 4.69) is 55.5 Å². The van der Waals surface area contributed by atoms with Gasteiger partial charge in [-0.05, 0) is 84.7 Å². The smallest absolute Gasteiger partial charge is 0.257 e. The van der Waals surface area contributed by atoms with E-state index in [0.717, 1.165) is 17.7 Å². The first-order valence-corrected chi connectivity index (χ1v) is 15.3. The van der Waals surface area contributed by atoms with E-state index in [-0.39, 0.29) is 24.6 Å². The third-order valence-corrected chi connectivity index (χ3v) is 9.03. The predicted octanol–water partition coefficient (Wildman–Crippen LogP) is 5.45. The zero-order valence-electron chi connectivity index (χ0n) is 25.0. The predicted molar refractivity (Wildman–Crippen MR) is 165 cm³/mol. The molecule has 224 valence electrons. The number of nitrogens with zero attached hydrogens (tertiary/aromatic N) is 2. The summed E-state index contributed by atoms with van der Waals surface area (Å²) >= 11 is 0. The summed E-state index contributed by atoms with van der Waals surface area (Å²) in [5.74, 6) is 6.92. The van der Waals surface area contributed by atoms with Crippen molar-refractivity contribution in [2.45, 2.75) is 96.9 Å². The van der Waals surface area contributed by atoms with Gasteiger partial charge in [-0.15, -0.1) is 5.10 Å². The Balaban J connectivity index is 1.50. The summed E-state index contributed by atoms with van der Waals surface area (Å²) in [5.41, 5.74) is 9.26. The van der Waals surface area contributed by atoms with Gasteiger partial charge in [-0.3, -0.25) is 10.1 Å². The number of rotatable bonds is 10. The molecule has 4 rings (SSSR count).